The quantitative estimate of drug-likeness (QED) is 0.253. The molecular formula is C19H31FIN3O. The molecule has 1 aliphatic carbocycles. The van der Waals surface area contributed by atoms with Crippen LogP contribution in [0.15, 0.2) is 29.3 Å². The summed E-state index contributed by atoms with van der Waals surface area (Å²) in [5.74, 6) is 0.658. The summed E-state index contributed by atoms with van der Waals surface area (Å²) >= 11 is 0. The zero-order valence-corrected chi connectivity index (χ0v) is 17.6. The van der Waals surface area contributed by atoms with Crippen molar-refractivity contribution < 1.29 is 9.13 Å². The molecule has 25 heavy (non-hydrogen) atoms. The first-order valence-corrected chi connectivity index (χ1v) is 8.98. The number of ether oxygens (including phenoxy) is 1. The predicted molar refractivity (Wildman–Crippen MR) is 112 cm³/mol. The Morgan fingerprint density at radius 2 is 1.92 bits per heavy atom. The van der Waals surface area contributed by atoms with Crippen LogP contribution in [-0.4, -0.2) is 39.3 Å². The van der Waals surface area contributed by atoms with Crippen LogP contribution in [0, 0.1) is 5.82 Å². The smallest absolute Gasteiger partial charge is 0.191 e. The Labute approximate surface area is 168 Å². The first-order valence-electron chi connectivity index (χ1n) is 8.98. The Hall–Kier alpha value is -0.890. The summed E-state index contributed by atoms with van der Waals surface area (Å²) in [4.78, 5) is 4.29. The molecule has 0 bridgehead atoms. The summed E-state index contributed by atoms with van der Waals surface area (Å²) in [5, 5.41) is 6.79. The van der Waals surface area contributed by atoms with Gasteiger partial charge >= 0.3 is 0 Å². The number of benzene rings is 1. The van der Waals surface area contributed by atoms with Gasteiger partial charge in [0.25, 0.3) is 0 Å². The van der Waals surface area contributed by atoms with Crippen LogP contribution in [0.5, 0.6) is 0 Å². The minimum Gasteiger partial charge on any atom is -0.382 e. The van der Waals surface area contributed by atoms with Gasteiger partial charge in [0.2, 0.25) is 0 Å². The van der Waals surface area contributed by atoms with Crippen molar-refractivity contribution in [2.45, 2.75) is 44.4 Å². The number of guanidine groups is 1. The summed E-state index contributed by atoms with van der Waals surface area (Å²) in [7, 11) is 1.79. The molecule has 1 aliphatic rings. The van der Waals surface area contributed by atoms with E-state index in [0.717, 1.165) is 57.9 Å². The topological polar surface area (TPSA) is 45.6 Å². The van der Waals surface area contributed by atoms with Gasteiger partial charge in [0.15, 0.2) is 5.96 Å². The fourth-order valence-corrected chi connectivity index (χ4v) is 3.13. The third-order valence-corrected chi connectivity index (χ3v) is 4.80. The molecule has 0 saturated heterocycles. The second-order valence-corrected chi connectivity index (χ2v) is 6.40. The summed E-state index contributed by atoms with van der Waals surface area (Å²) in [6.07, 6.45) is 5.61. The van der Waals surface area contributed by atoms with Crippen molar-refractivity contribution in [1.82, 2.24) is 10.6 Å². The van der Waals surface area contributed by atoms with Crippen molar-refractivity contribution in [3.63, 3.8) is 0 Å². The van der Waals surface area contributed by atoms with Gasteiger partial charge in [-0.1, -0.05) is 18.6 Å². The van der Waals surface area contributed by atoms with E-state index >= 15 is 0 Å². The molecule has 0 heterocycles. The van der Waals surface area contributed by atoms with Gasteiger partial charge in [-0.05, 0) is 50.3 Å². The van der Waals surface area contributed by atoms with E-state index in [1.807, 2.05) is 19.1 Å². The molecule has 142 valence electrons. The lowest BCUT2D eigenvalue weighted by atomic mass is 9.64. The number of hydrogen-bond donors (Lipinski definition) is 2. The molecule has 0 atom stereocenters. The molecular weight excluding hydrogens is 432 g/mol. The third-order valence-electron chi connectivity index (χ3n) is 4.80. The second kappa shape index (κ2) is 11.7. The zero-order chi connectivity index (χ0) is 17.3. The number of hydrogen-bond acceptors (Lipinski definition) is 2. The van der Waals surface area contributed by atoms with Crippen molar-refractivity contribution in [2.24, 2.45) is 4.99 Å². The maximum Gasteiger partial charge on any atom is 0.191 e. The van der Waals surface area contributed by atoms with Gasteiger partial charge in [-0.3, -0.25) is 4.99 Å². The zero-order valence-electron chi connectivity index (χ0n) is 15.3. The molecule has 0 aliphatic heterocycles. The highest BCUT2D eigenvalue weighted by atomic mass is 127. The van der Waals surface area contributed by atoms with Gasteiger partial charge in [0, 0.05) is 38.8 Å². The Kier molecular flexibility index (Phi) is 10.3. The maximum absolute atomic E-state index is 13.2. The van der Waals surface area contributed by atoms with Crippen LogP contribution in [0.3, 0.4) is 0 Å². The molecule has 6 heteroatoms. The molecule has 4 nitrogen and oxygen atoms in total. The average Bonchev–Trinajstić information content (AvgIpc) is 2.56. The van der Waals surface area contributed by atoms with Gasteiger partial charge < -0.3 is 15.4 Å². The molecule has 1 fully saturated rings. The lowest BCUT2D eigenvalue weighted by Gasteiger charge is -2.43. The van der Waals surface area contributed by atoms with E-state index < -0.39 is 0 Å². The van der Waals surface area contributed by atoms with Crippen molar-refractivity contribution in [3.8, 4) is 0 Å². The van der Waals surface area contributed by atoms with Gasteiger partial charge in [-0.15, -0.1) is 24.0 Å². The van der Waals surface area contributed by atoms with Crippen molar-refractivity contribution in [3.05, 3.63) is 35.6 Å². The lowest BCUT2D eigenvalue weighted by molar-refractivity contribution is 0.143. The van der Waals surface area contributed by atoms with E-state index in [1.165, 1.54) is 12.0 Å². The highest BCUT2D eigenvalue weighted by Gasteiger charge is 2.38. The number of aliphatic imine (C=N–C) groups is 1. The van der Waals surface area contributed by atoms with Crippen molar-refractivity contribution in [2.75, 3.05) is 33.4 Å². The third kappa shape index (κ3) is 6.73. The summed E-state index contributed by atoms with van der Waals surface area (Å²) in [5.41, 5.74) is 1.33. The number of halogens is 2. The molecule has 1 aromatic carbocycles. The number of unbranched alkanes of at least 4 members (excludes halogenated alkanes) is 1. The Morgan fingerprint density at radius 1 is 1.20 bits per heavy atom. The Bertz CT molecular complexity index is 518. The van der Waals surface area contributed by atoms with Crippen LogP contribution >= 0.6 is 24.0 Å². The van der Waals surface area contributed by atoms with Crippen LogP contribution in [0.1, 0.15) is 44.6 Å². The monoisotopic (exact) mass is 463 g/mol. The van der Waals surface area contributed by atoms with Crippen LogP contribution in [0.4, 0.5) is 4.39 Å². The van der Waals surface area contributed by atoms with Crippen LogP contribution < -0.4 is 10.6 Å². The number of nitrogens with zero attached hydrogens (tertiary/aromatic N) is 1. The standard InChI is InChI=1S/C19H30FN3O.HI/c1-3-24-14-5-4-13-22-18(21-2)23-15-19(11-6-12-19)16-7-9-17(20)10-8-16;/h7-10H,3-6,11-15H2,1-2H3,(H2,21,22,23);1H. The van der Waals surface area contributed by atoms with Crippen LogP contribution in [0.2, 0.25) is 0 Å². The van der Waals surface area contributed by atoms with E-state index in [1.54, 1.807) is 19.2 Å². The van der Waals surface area contributed by atoms with E-state index in [9.17, 15) is 4.39 Å². The van der Waals surface area contributed by atoms with Gasteiger partial charge in [-0.25, -0.2) is 4.39 Å². The Morgan fingerprint density at radius 3 is 2.48 bits per heavy atom. The minimum atomic E-state index is -0.175. The first-order chi connectivity index (χ1) is 11.7. The van der Waals surface area contributed by atoms with E-state index in [2.05, 4.69) is 15.6 Å². The largest absolute Gasteiger partial charge is 0.382 e. The summed E-state index contributed by atoms with van der Waals surface area (Å²) < 4.78 is 18.5. The molecule has 2 rings (SSSR count). The highest BCUT2D eigenvalue weighted by molar-refractivity contribution is 14.0. The molecule has 1 saturated carbocycles. The molecule has 0 amide bonds. The highest BCUT2D eigenvalue weighted by Crippen LogP contribution is 2.43. The van der Waals surface area contributed by atoms with E-state index in [0.29, 0.717) is 0 Å². The molecule has 2 N–H and O–H groups in total. The Balaban J connectivity index is 0.00000312. The van der Waals surface area contributed by atoms with Crippen molar-refractivity contribution >= 4 is 29.9 Å². The first kappa shape index (κ1) is 22.2. The molecule has 0 unspecified atom stereocenters. The van der Waals surface area contributed by atoms with Crippen molar-refractivity contribution in [1.29, 1.82) is 0 Å². The minimum absolute atomic E-state index is 0. The van der Waals surface area contributed by atoms with Gasteiger partial charge in [-0.2, -0.15) is 0 Å². The number of rotatable bonds is 9. The fourth-order valence-electron chi connectivity index (χ4n) is 3.13. The molecule has 0 spiro atoms. The predicted octanol–water partition coefficient (Wildman–Crippen LogP) is 3.85. The number of nitrogens with one attached hydrogen (secondary N) is 2. The maximum atomic E-state index is 13.2. The average molecular weight is 463 g/mol. The fraction of sp³-hybridized carbons (Fsp3) is 0.632. The van der Waals surface area contributed by atoms with Crippen LogP contribution in [0.25, 0.3) is 0 Å². The lowest BCUT2D eigenvalue weighted by Crippen LogP contribution is -2.49. The van der Waals surface area contributed by atoms with Gasteiger partial charge in [0.05, 0.1) is 0 Å². The summed E-state index contributed by atoms with van der Waals surface area (Å²) in [6, 6.07) is 6.95. The summed E-state index contributed by atoms with van der Waals surface area (Å²) in [6.45, 7) is 5.33. The molecule has 0 aromatic heterocycles. The van der Waals surface area contributed by atoms with Crippen LogP contribution in [-0.2, 0) is 10.2 Å². The SMILES string of the molecule is CCOCCCCNC(=NC)NCC1(c2ccc(F)cc2)CCC1.I. The van der Waals surface area contributed by atoms with E-state index in [-0.39, 0.29) is 35.2 Å². The van der Waals surface area contributed by atoms with Gasteiger partial charge in [0.1, 0.15) is 5.82 Å². The van der Waals surface area contributed by atoms with E-state index in [4.69, 9.17) is 4.74 Å². The second-order valence-electron chi connectivity index (χ2n) is 6.40. The molecule has 0 radical (unpaired) electrons. The normalized spacial score (nSPS) is 15.9. The molecule has 1 aromatic rings.